The number of methoxy groups -OCH3 is 2. The average Bonchev–Trinajstić information content (AvgIpc) is 2.27. The molecule has 1 aromatic rings. The highest BCUT2D eigenvalue weighted by Gasteiger charge is 2.15. The predicted molar refractivity (Wildman–Crippen MR) is 53.7 cm³/mol. The maximum atomic E-state index is 5.27. The lowest BCUT2D eigenvalue weighted by Crippen LogP contribution is -2.84. The molecule has 0 amide bonds. The molecular weight excluding hydrogens is 178 g/mol. The van der Waals surface area contributed by atoms with E-state index in [0.29, 0.717) is 0 Å². The van der Waals surface area contributed by atoms with Gasteiger partial charge >= 0.3 is 0 Å². The Morgan fingerprint density at radius 1 is 1.07 bits per heavy atom. The lowest BCUT2D eigenvalue weighted by Gasteiger charge is -2.17. The molecule has 0 bridgehead atoms. The first-order chi connectivity index (χ1) is 6.85. The van der Waals surface area contributed by atoms with Gasteiger partial charge in [-0.3, -0.25) is 0 Å². The number of rotatable bonds is 2. The van der Waals surface area contributed by atoms with Gasteiger partial charge in [0.25, 0.3) is 0 Å². The van der Waals surface area contributed by atoms with Crippen molar-refractivity contribution in [2.75, 3.05) is 20.8 Å². The second-order valence-electron chi connectivity index (χ2n) is 3.51. The van der Waals surface area contributed by atoms with Gasteiger partial charge in [0.2, 0.25) is 0 Å². The Hall–Kier alpha value is -1.22. The Kier molecular flexibility index (Phi) is 2.59. The molecule has 0 spiro atoms. The summed E-state index contributed by atoms with van der Waals surface area (Å²) in [4.78, 5) is 0. The van der Waals surface area contributed by atoms with E-state index in [9.17, 15) is 0 Å². The summed E-state index contributed by atoms with van der Waals surface area (Å²) in [5.41, 5.74) is 2.76. The first-order valence-corrected chi connectivity index (χ1v) is 4.90. The van der Waals surface area contributed by atoms with Crippen molar-refractivity contribution >= 4 is 0 Å². The second kappa shape index (κ2) is 3.88. The molecule has 2 N–H and O–H groups in total. The van der Waals surface area contributed by atoms with Gasteiger partial charge < -0.3 is 14.8 Å². The first-order valence-electron chi connectivity index (χ1n) is 4.90. The largest absolute Gasteiger partial charge is 0.493 e. The molecule has 0 atom stereocenters. The van der Waals surface area contributed by atoms with Gasteiger partial charge in [-0.2, -0.15) is 0 Å². The Balaban J connectivity index is 2.43. The van der Waals surface area contributed by atoms with Gasteiger partial charge in [0, 0.05) is 12.0 Å². The first kappa shape index (κ1) is 9.34. The molecule has 0 saturated heterocycles. The Morgan fingerprint density at radius 2 is 1.71 bits per heavy atom. The molecule has 1 aliphatic heterocycles. The predicted octanol–water partition coefficient (Wildman–Crippen LogP) is 0.323. The van der Waals surface area contributed by atoms with Gasteiger partial charge in [0.15, 0.2) is 11.5 Å². The monoisotopic (exact) mass is 194 g/mol. The maximum absolute atomic E-state index is 5.27. The van der Waals surface area contributed by atoms with Crippen LogP contribution in [0.4, 0.5) is 0 Å². The molecule has 3 heteroatoms. The molecule has 1 heterocycles. The fourth-order valence-corrected chi connectivity index (χ4v) is 1.90. The SMILES string of the molecule is COc1cc2c(cc1OC)C[NH2+]CC2. The molecule has 2 rings (SSSR count). The minimum Gasteiger partial charge on any atom is -0.493 e. The minimum atomic E-state index is 0.835. The van der Waals surface area contributed by atoms with Gasteiger partial charge in [-0.15, -0.1) is 0 Å². The zero-order valence-corrected chi connectivity index (χ0v) is 8.67. The highest BCUT2D eigenvalue weighted by Crippen LogP contribution is 2.30. The third-order valence-corrected chi connectivity index (χ3v) is 2.69. The fourth-order valence-electron chi connectivity index (χ4n) is 1.90. The van der Waals surface area contributed by atoms with E-state index in [4.69, 9.17) is 9.47 Å². The van der Waals surface area contributed by atoms with Crippen molar-refractivity contribution < 1.29 is 14.8 Å². The Morgan fingerprint density at radius 3 is 2.36 bits per heavy atom. The van der Waals surface area contributed by atoms with Crippen LogP contribution in [0.2, 0.25) is 0 Å². The standard InChI is InChI=1S/C11H15NO2/c1-13-10-5-8-3-4-12-7-9(8)6-11(10)14-2/h5-6,12H,3-4,7H2,1-2H3/p+1. The normalized spacial score (nSPS) is 14.7. The molecule has 76 valence electrons. The van der Waals surface area contributed by atoms with E-state index in [1.807, 2.05) is 0 Å². The zero-order valence-electron chi connectivity index (χ0n) is 8.67. The lowest BCUT2D eigenvalue weighted by atomic mass is 10.0. The Labute approximate surface area is 84.0 Å². The number of fused-ring (bicyclic) bond motifs is 1. The van der Waals surface area contributed by atoms with E-state index < -0.39 is 0 Å². The molecule has 1 aromatic carbocycles. The summed E-state index contributed by atoms with van der Waals surface area (Å²) in [6, 6.07) is 4.19. The van der Waals surface area contributed by atoms with E-state index >= 15 is 0 Å². The van der Waals surface area contributed by atoms with Crippen LogP contribution >= 0.6 is 0 Å². The average molecular weight is 194 g/mol. The lowest BCUT2D eigenvalue weighted by molar-refractivity contribution is -0.673. The van der Waals surface area contributed by atoms with Crippen LogP contribution in [0, 0.1) is 0 Å². The van der Waals surface area contributed by atoms with Crippen LogP contribution in [0.25, 0.3) is 0 Å². The van der Waals surface area contributed by atoms with Gasteiger partial charge in [-0.05, 0) is 17.7 Å². The molecule has 3 nitrogen and oxygen atoms in total. The van der Waals surface area contributed by atoms with Crippen molar-refractivity contribution in [2.24, 2.45) is 0 Å². The van der Waals surface area contributed by atoms with Crippen LogP contribution in [-0.2, 0) is 13.0 Å². The van der Waals surface area contributed by atoms with Crippen molar-refractivity contribution in [3.63, 3.8) is 0 Å². The van der Waals surface area contributed by atoms with Crippen LogP contribution < -0.4 is 14.8 Å². The smallest absolute Gasteiger partial charge is 0.161 e. The number of ether oxygens (including phenoxy) is 2. The summed E-state index contributed by atoms with van der Waals surface area (Å²) in [7, 11) is 3.36. The number of hydrogen-bond donors (Lipinski definition) is 1. The van der Waals surface area contributed by atoms with Gasteiger partial charge in [-0.25, -0.2) is 0 Å². The van der Waals surface area contributed by atoms with Gasteiger partial charge in [0.1, 0.15) is 6.54 Å². The summed E-state index contributed by atoms with van der Waals surface area (Å²) < 4.78 is 10.5. The summed E-state index contributed by atoms with van der Waals surface area (Å²) in [6.45, 7) is 2.22. The molecule has 1 aliphatic rings. The van der Waals surface area contributed by atoms with Crippen molar-refractivity contribution in [2.45, 2.75) is 13.0 Å². The van der Waals surface area contributed by atoms with E-state index in [2.05, 4.69) is 17.4 Å². The minimum absolute atomic E-state index is 0.835. The van der Waals surface area contributed by atoms with Gasteiger partial charge in [-0.1, -0.05) is 0 Å². The van der Waals surface area contributed by atoms with Crippen LogP contribution in [-0.4, -0.2) is 20.8 Å². The number of benzene rings is 1. The van der Waals surface area contributed by atoms with E-state index in [1.54, 1.807) is 14.2 Å². The highest BCUT2D eigenvalue weighted by atomic mass is 16.5. The van der Waals surface area contributed by atoms with Crippen molar-refractivity contribution in [1.29, 1.82) is 0 Å². The van der Waals surface area contributed by atoms with Crippen molar-refractivity contribution in [1.82, 2.24) is 0 Å². The molecule has 0 unspecified atom stereocenters. The highest BCUT2D eigenvalue weighted by molar-refractivity contribution is 5.47. The second-order valence-corrected chi connectivity index (χ2v) is 3.51. The van der Waals surface area contributed by atoms with Crippen LogP contribution in [0.15, 0.2) is 12.1 Å². The van der Waals surface area contributed by atoms with E-state index in [1.165, 1.54) is 17.7 Å². The third-order valence-electron chi connectivity index (χ3n) is 2.69. The molecule has 0 fully saturated rings. The molecule has 0 aromatic heterocycles. The van der Waals surface area contributed by atoms with Crippen LogP contribution in [0.1, 0.15) is 11.1 Å². The summed E-state index contributed by atoms with van der Waals surface area (Å²) in [5, 5.41) is 2.31. The number of nitrogens with two attached hydrogens (primary N) is 1. The zero-order chi connectivity index (χ0) is 9.97. The number of quaternary nitrogens is 1. The molecule has 0 aliphatic carbocycles. The van der Waals surface area contributed by atoms with Gasteiger partial charge in [0.05, 0.1) is 20.8 Å². The molecule has 0 radical (unpaired) electrons. The van der Waals surface area contributed by atoms with Crippen LogP contribution in [0.5, 0.6) is 11.5 Å². The van der Waals surface area contributed by atoms with E-state index in [-0.39, 0.29) is 0 Å². The summed E-state index contributed by atoms with van der Waals surface area (Å²) >= 11 is 0. The van der Waals surface area contributed by atoms with E-state index in [0.717, 1.165) is 24.5 Å². The van der Waals surface area contributed by atoms with Crippen LogP contribution in [0.3, 0.4) is 0 Å². The molecular formula is C11H16NO2+. The quantitative estimate of drug-likeness (QED) is 0.736. The molecule has 14 heavy (non-hydrogen) atoms. The summed E-state index contributed by atoms with van der Waals surface area (Å²) in [5.74, 6) is 1.68. The topological polar surface area (TPSA) is 35.1 Å². The number of hydrogen-bond acceptors (Lipinski definition) is 2. The summed E-state index contributed by atoms with van der Waals surface area (Å²) in [6.07, 6.45) is 1.12. The maximum Gasteiger partial charge on any atom is 0.161 e. The third kappa shape index (κ3) is 1.55. The van der Waals surface area contributed by atoms with Crippen molar-refractivity contribution in [3.8, 4) is 11.5 Å². The molecule has 0 saturated carbocycles. The Bertz CT molecular complexity index is 292. The van der Waals surface area contributed by atoms with Crippen molar-refractivity contribution in [3.05, 3.63) is 23.3 Å². The fraction of sp³-hybridized carbons (Fsp3) is 0.455.